The van der Waals surface area contributed by atoms with E-state index in [0.717, 1.165) is 12.8 Å². The summed E-state index contributed by atoms with van der Waals surface area (Å²) in [5, 5.41) is 9.18. The van der Waals surface area contributed by atoms with Crippen molar-refractivity contribution in [2.75, 3.05) is 0 Å². The predicted octanol–water partition coefficient (Wildman–Crippen LogP) is 10.1. The molecule has 0 rings (SSSR count). The summed E-state index contributed by atoms with van der Waals surface area (Å²) in [5.74, 6) is 0. The number of hydrogen-bond acceptors (Lipinski definition) is 2. The third-order valence-corrected chi connectivity index (χ3v) is 7.01. The van der Waals surface area contributed by atoms with Crippen molar-refractivity contribution in [1.29, 1.82) is 0 Å². The van der Waals surface area contributed by atoms with E-state index in [1.807, 2.05) is 0 Å². The average Bonchev–Trinajstić information content (AvgIpc) is 2.81. The second kappa shape index (κ2) is 28.7. The molecule has 0 aliphatic heterocycles. The van der Waals surface area contributed by atoms with Crippen molar-refractivity contribution in [1.82, 2.24) is 0 Å². The fourth-order valence-corrected chi connectivity index (χ4v) is 4.74. The van der Waals surface area contributed by atoms with E-state index < -0.39 is 6.10 Å². The molecule has 0 saturated carbocycles. The number of aliphatic hydroxyl groups excluding tert-OH is 1. The molecule has 0 spiro atoms. The molecule has 1 N–H and O–H groups in total. The molecule has 0 aromatic rings. The maximum Gasteiger partial charge on any atom is 0.148 e. The largest absolute Gasteiger partial charge is 0.386 e. The Labute approximate surface area is 202 Å². The van der Waals surface area contributed by atoms with Gasteiger partial charge in [0.1, 0.15) is 12.4 Å². The summed E-state index contributed by atoms with van der Waals surface area (Å²) in [7, 11) is 0. The number of aliphatic hydroxyl groups is 1. The van der Waals surface area contributed by atoms with E-state index in [4.69, 9.17) is 0 Å². The Balaban J connectivity index is 3.02. The molecule has 0 aromatic heterocycles. The van der Waals surface area contributed by atoms with E-state index in [1.54, 1.807) is 0 Å². The summed E-state index contributed by atoms with van der Waals surface area (Å²) < 4.78 is 0. The van der Waals surface area contributed by atoms with Gasteiger partial charge in [-0.25, -0.2) is 0 Å². The molecule has 0 amide bonds. The van der Waals surface area contributed by atoms with Crippen LogP contribution in [0.1, 0.15) is 180 Å². The van der Waals surface area contributed by atoms with Crippen LogP contribution in [0.5, 0.6) is 0 Å². The first-order valence-corrected chi connectivity index (χ1v) is 14.9. The Morgan fingerprint density at radius 1 is 0.438 bits per heavy atom. The molecule has 0 saturated heterocycles. The summed E-state index contributed by atoms with van der Waals surface area (Å²) in [6.45, 7) is 2.30. The maximum atomic E-state index is 10.3. The van der Waals surface area contributed by atoms with E-state index in [0.29, 0.717) is 12.7 Å². The van der Waals surface area contributed by atoms with E-state index in [1.165, 1.54) is 154 Å². The van der Waals surface area contributed by atoms with Gasteiger partial charge in [0.25, 0.3) is 0 Å². The normalized spacial score (nSPS) is 12.3. The molecule has 2 heteroatoms. The lowest BCUT2D eigenvalue weighted by Gasteiger charge is -2.05. The summed E-state index contributed by atoms with van der Waals surface area (Å²) in [4.78, 5) is 10.3. The van der Waals surface area contributed by atoms with Crippen LogP contribution in [0.25, 0.3) is 0 Å². The number of unbranched alkanes of at least 4 members (excludes halogenated alkanes) is 25. The highest BCUT2D eigenvalue weighted by Crippen LogP contribution is 2.16. The van der Waals surface area contributed by atoms with Crippen LogP contribution in [0.15, 0.2) is 0 Å². The van der Waals surface area contributed by atoms with Crippen molar-refractivity contribution >= 4 is 6.29 Å². The van der Waals surface area contributed by atoms with Crippen LogP contribution in [-0.2, 0) is 4.79 Å². The van der Waals surface area contributed by atoms with Crippen LogP contribution in [0.2, 0.25) is 0 Å². The fourth-order valence-electron chi connectivity index (χ4n) is 4.74. The number of carbonyl (C=O) groups is 1. The molecule has 32 heavy (non-hydrogen) atoms. The van der Waals surface area contributed by atoms with Crippen molar-refractivity contribution in [3.8, 4) is 0 Å². The molecule has 0 fully saturated rings. The van der Waals surface area contributed by atoms with Gasteiger partial charge < -0.3 is 9.90 Å². The van der Waals surface area contributed by atoms with Crippen LogP contribution >= 0.6 is 0 Å². The van der Waals surface area contributed by atoms with Gasteiger partial charge in [-0.15, -0.1) is 0 Å². The lowest BCUT2D eigenvalue weighted by atomic mass is 10.0. The molecule has 192 valence electrons. The number of rotatable bonds is 28. The minimum absolute atomic E-state index is 0.642. The number of carbonyl (C=O) groups excluding carboxylic acids is 1. The Morgan fingerprint density at radius 2 is 0.656 bits per heavy atom. The van der Waals surface area contributed by atoms with E-state index >= 15 is 0 Å². The number of hydrogen-bond donors (Lipinski definition) is 1. The molecule has 0 heterocycles. The molecule has 0 aromatic carbocycles. The van der Waals surface area contributed by atoms with Gasteiger partial charge in [0.15, 0.2) is 0 Å². The van der Waals surface area contributed by atoms with Gasteiger partial charge in [-0.3, -0.25) is 0 Å². The van der Waals surface area contributed by atoms with Gasteiger partial charge >= 0.3 is 0 Å². The zero-order chi connectivity index (χ0) is 23.4. The van der Waals surface area contributed by atoms with Gasteiger partial charge in [0, 0.05) is 0 Å². The van der Waals surface area contributed by atoms with E-state index in [-0.39, 0.29) is 0 Å². The second-order valence-corrected chi connectivity index (χ2v) is 10.3. The van der Waals surface area contributed by atoms with Crippen LogP contribution in [0, 0.1) is 0 Å². The molecule has 0 bridgehead atoms. The zero-order valence-corrected chi connectivity index (χ0v) is 22.1. The van der Waals surface area contributed by atoms with Crippen LogP contribution in [0.3, 0.4) is 0 Å². The van der Waals surface area contributed by atoms with Crippen molar-refractivity contribution in [2.24, 2.45) is 0 Å². The van der Waals surface area contributed by atoms with Gasteiger partial charge in [0.2, 0.25) is 0 Å². The molecule has 1 unspecified atom stereocenters. The van der Waals surface area contributed by atoms with E-state index in [2.05, 4.69) is 6.92 Å². The first-order valence-electron chi connectivity index (χ1n) is 14.9. The summed E-state index contributed by atoms with van der Waals surface area (Å²) in [6.07, 6.45) is 37.0. The molecule has 0 aliphatic rings. The monoisotopic (exact) mass is 452 g/mol. The quantitative estimate of drug-likeness (QED) is 0.0946. The Bertz CT molecular complexity index is 342. The van der Waals surface area contributed by atoms with Gasteiger partial charge in [0.05, 0.1) is 0 Å². The lowest BCUT2D eigenvalue weighted by Crippen LogP contribution is -2.06. The van der Waals surface area contributed by atoms with Gasteiger partial charge in [-0.2, -0.15) is 0 Å². The summed E-state index contributed by atoms with van der Waals surface area (Å²) in [6, 6.07) is 0. The third kappa shape index (κ3) is 27.7. The Hall–Kier alpha value is -0.370. The predicted molar refractivity (Wildman–Crippen MR) is 142 cm³/mol. The first-order chi connectivity index (χ1) is 15.8. The van der Waals surface area contributed by atoms with Crippen LogP contribution in [-0.4, -0.2) is 17.5 Å². The summed E-state index contributed by atoms with van der Waals surface area (Å²) >= 11 is 0. The van der Waals surface area contributed by atoms with Crippen molar-refractivity contribution in [3.05, 3.63) is 0 Å². The SMILES string of the molecule is CCCCCCCCCCCCCCCCCCCCCCCCCCCCC(O)C=O. The smallest absolute Gasteiger partial charge is 0.148 e. The Kier molecular flexibility index (Phi) is 28.3. The highest BCUT2D eigenvalue weighted by atomic mass is 16.3. The highest BCUT2D eigenvalue weighted by Gasteiger charge is 2.00. The standard InChI is InChI=1S/C30H60O2/c1-2-3-4-5-6-7-8-9-10-11-12-13-14-15-16-17-18-19-20-21-22-23-24-25-26-27-28-30(32)29-31/h29-30,32H,2-28H2,1H3. The topological polar surface area (TPSA) is 37.3 Å². The van der Waals surface area contributed by atoms with Crippen LogP contribution < -0.4 is 0 Å². The molecular weight excluding hydrogens is 392 g/mol. The maximum absolute atomic E-state index is 10.3. The van der Waals surface area contributed by atoms with Gasteiger partial charge in [-0.05, 0) is 6.42 Å². The molecular formula is C30H60O2. The minimum atomic E-state index is -0.732. The molecule has 2 nitrogen and oxygen atoms in total. The zero-order valence-electron chi connectivity index (χ0n) is 22.1. The van der Waals surface area contributed by atoms with Gasteiger partial charge in [-0.1, -0.05) is 174 Å². The Morgan fingerprint density at radius 3 is 0.875 bits per heavy atom. The average molecular weight is 453 g/mol. The van der Waals surface area contributed by atoms with Crippen molar-refractivity contribution in [3.63, 3.8) is 0 Å². The van der Waals surface area contributed by atoms with Crippen molar-refractivity contribution < 1.29 is 9.90 Å². The van der Waals surface area contributed by atoms with E-state index in [9.17, 15) is 9.90 Å². The number of aldehydes is 1. The molecule has 1 atom stereocenters. The lowest BCUT2D eigenvalue weighted by molar-refractivity contribution is -0.115. The molecule has 0 radical (unpaired) electrons. The fraction of sp³-hybridized carbons (Fsp3) is 0.967. The summed E-state index contributed by atoms with van der Waals surface area (Å²) in [5.41, 5.74) is 0. The highest BCUT2D eigenvalue weighted by molar-refractivity contribution is 5.55. The molecule has 0 aliphatic carbocycles. The van der Waals surface area contributed by atoms with Crippen molar-refractivity contribution in [2.45, 2.75) is 186 Å². The minimum Gasteiger partial charge on any atom is -0.386 e. The van der Waals surface area contributed by atoms with Crippen LogP contribution in [0.4, 0.5) is 0 Å². The second-order valence-electron chi connectivity index (χ2n) is 10.3. The first kappa shape index (κ1) is 31.6. The third-order valence-electron chi connectivity index (χ3n) is 7.01.